The van der Waals surface area contributed by atoms with E-state index in [0.29, 0.717) is 0 Å². The number of piperidine rings is 1. The quantitative estimate of drug-likeness (QED) is 0.292. The van der Waals surface area contributed by atoms with Gasteiger partial charge in [-0.3, -0.25) is 0 Å². The van der Waals surface area contributed by atoms with Gasteiger partial charge in [0.25, 0.3) is 0 Å². The van der Waals surface area contributed by atoms with Crippen LogP contribution in [0.1, 0.15) is 110 Å². The second-order valence-corrected chi connectivity index (χ2v) is 7.36. The first-order valence-electron chi connectivity index (χ1n) is 10.2. The molecular weight excluding hydrogens is 266 g/mol. The molecule has 0 aromatic rings. The van der Waals surface area contributed by atoms with Crippen molar-refractivity contribution in [3.8, 4) is 0 Å². The number of rotatable bonds is 13. The Morgan fingerprint density at radius 2 is 1.45 bits per heavy atom. The molecule has 1 fully saturated rings. The maximum Gasteiger partial charge on any atom is 0.00695 e. The molecule has 0 amide bonds. The summed E-state index contributed by atoms with van der Waals surface area (Å²) in [5.41, 5.74) is 0. The molecule has 1 saturated heterocycles. The van der Waals surface area contributed by atoms with Crippen LogP contribution in [0.3, 0.4) is 0 Å². The van der Waals surface area contributed by atoms with Gasteiger partial charge in [-0.2, -0.15) is 0 Å². The zero-order valence-corrected chi connectivity index (χ0v) is 15.4. The lowest BCUT2D eigenvalue weighted by molar-refractivity contribution is 0.315. The van der Waals surface area contributed by atoms with Gasteiger partial charge in [-0.15, -0.1) is 0 Å². The molecule has 1 heterocycles. The molecule has 1 N–H and O–H groups in total. The SMILES string of the molecule is CCCCCCCC/C=C\CCCCCC1CCCC(C)N1. The highest BCUT2D eigenvalue weighted by Crippen LogP contribution is 2.17. The van der Waals surface area contributed by atoms with Crippen LogP contribution in [0.25, 0.3) is 0 Å². The molecule has 0 aromatic heterocycles. The van der Waals surface area contributed by atoms with Crippen molar-refractivity contribution in [2.24, 2.45) is 0 Å². The van der Waals surface area contributed by atoms with Gasteiger partial charge in [0.1, 0.15) is 0 Å². The van der Waals surface area contributed by atoms with Gasteiger partial charge in [-0.05, 0) is 51.9 Å². The van der Waals surface area contributed by atoms with Gasteiger partial charge in [-0.25, -0.2) is 0 Å². The molecule has 22 heavy (non-hydrogen) atoms. The smallest absolute Gasteiger partial charge is 0.00695 e. The molecule has 0 spiro atoms. The molecule has 1 aliphatic heterocycles. The molecule has 1 aliphatic rings. The van der Waals surface area contributed by atoms with Gasteiger partial charge in [0.05, 0.1) is 0 Å². The fourth-order valence-electron chi connectivity index (χ4n) is 3.58. The van der Waals surface area contributed by atoms with Crippen molar-refractivity contribution in [1.82, 2.24) is 5.32 Å². The third-order valence-corrected chi connectivity index (χ3v) is 5.02. The molecule has 2 atom stereocenters. The summed E-state index contributed by atoms with van der Waals surface area (Å²) in [6, 6.07) is 1.57. The molecular formula is C21H41N. The van der Waals surface area contributed by atoms with E-state index in [1.165, 1.54) is 96.3 Å². The lowest BCUT2D eigenvalue weighted by Gasteiger charge is -2.28. The third-order valence-electron chi connectivity index (χ3n) is 5.02. The Kier molecular flexibility index (Phi) is 12.8. The summed E-state index contributed by atoms with van der Waals surface area (Å²) in [7, 11) is 0. The minimum absolute atomic E-state index is 0.753. The second-order valence-electron chi connectivity index (χ2n) is 7.36. The zero-order valence-electron chi connectivity index (χ0n) is 15.4. The van der Waals surface area contributed by atoms with E-state index in [4.69, 9.17) is 0 Å². The summed E-state index contributed by atoms with van der Waals surface area (Å²) in [6.45, 7) is 4.62. The maximum absolute atomic E-state index is 3.75. The third kappa shape index (κ3) is 11.3. The fourth-order valence-corrected chi connectivity index (χ4v) is 3.58. The van der Waals surface area contributed by atoms with Crippen molar-refractivity contribution in [3.05, 3.63) is 12.2 Å². The van der Waals surface area contributed by atoms with E-state index in [1.54, 1.807) is 0 Å². The van der Waals surface area contributed by atoms with E-state index in [-0.39, 0.29) is 0 Å². The molecule has 2 unspecified atom stereocenters. The summed E-state index contributed by atoms with van der Waals surface area (Å²) in [5.74, 6) is 0. The van der Waals surface area contributed by atoms with E-state index in [2.05, 4.69) is 31.3 Å². The Morgan fingerprint density at radius 1 is 0.818 bits per heavy atom. The Bertz CT molecular complexity index is 259. The molecule has 0 aromatic carbocycles. The molecule has 0 radical (unpaired) electrons. The van der Waals surface area contributed by atoms with Crippen molar-refractivity contribution in [3.63, 3.8) is 0 Å². The minimum atomic E-state index is 0.753. The van der Waals surface area contributed by atoms with Gasteiger partial charge in [0.15, 0.2) is 0 Å². The highest BCUT2D eigenvalue weighted by Gasteiger charge is 2.16. The van der Waals surface area contributed by atoms with Crippen molar-refractivity contribution in [1.29, 1.82) is 0 Å². The Morgan fingerprint density at radius 3 is 2.14 bits per heavy atom. The first-order chi connectivity index (χ1) is 10.8. The Labute approximate surface area is 140 Å². The number of hydrogen-bond acceptors (Lipinski definition) is 1. The average Bonchev–Trinajstić information content (AvgIpc) is 2.52. The molecule has 0 saturated carbocycles. The number of nitrogens with one attached hydrogen (secondary N) is 1. The zero-order chi connectivity index (χ0) is 15.9. The van der Waals surface area contributed by atoms with Gasteiger partial charge in [0, 0.05) is 12.1 Å². The van der Waals surface area contributed by atoms with E-state index in [1.807, 2.05) is 0 Å². The van der Waals surface area contributed by atoms with Crippen LogP contribution in [-0.4, -0.2) is 12.1 Å². The van der Waals surface area contributed by atoms with Gasteiger partial charge in [0.2, 0.25) is 0 Å². The average molecular weight is 308 g/mol. The fraction of sp³-hybridized carbons (Fsp3) is 0.905. The predicted octanol–water partition coefficient (Wildman–Crippen LogP) is 6.77. The standard InChI is InChI=1S/C21H41N/c1-3-4-5-6-7-8-9-10-11-12-13-14-15-18-21-19-16-17-20(2)22-21/h10-11,20-22H,3-9,12-19H2,1-2H3/b11-10-. The molecule has 1 nitrogen and oxygen atoms in total. The molecule has 1 heteroatoms. The topological polar surface area (TPSA) is 12.0 Å². The summed E-state index contributed by atoms with van der Waals surface area (Å²) in [4.78, 5) is 0. The largest absolute Gasteiger partial charge is 0.312 e. The van der Waals surface area contributed by atoms with E-state index in [9.17, 15) is 0 Å². The lowest BCUT2D eigenvalue weighted by atomic mass is 9.95. The van der Waals surface area contributed by atoms with Crippen LogP contribution in [0.15, 0.2) is 12.2 Å². The number of hydrogen-bond donors (Lipinski definition) is 1. The van der Waals surface area contributed by atoms with Crippen LogP contribution in [0.4, 0.5) is 0 Å². The summed E-state index contributed by atoms with van der Waals surface area (Å²) in [6.07, 6.45) is 25.7. The van der Waals surface area contributed by atoms with Crippen LogP contribution in [0.5, 0.6) is 0 Å². The van der Waals surface area contributed by atoms with E-state index in [0.717, 1.165) is 12.1 Å². The first kappa shape index (κ1) is 19.7. The molecule has 0 bridgehead atoms. The predicted molar refractivity (Wildman–Crippen MR) is 100 cm³/mol. The summed E-state index contributed by atoms with van der Waals surface area (Å²) >= 11 is 0. The minimum Gasteiger partial charge on any atom is -0.312 e. The van der Waals surface area contributed by atoms with Crippen molar-refractivity contribution >= 4 is 0 Å². The highest BCUT2D eigenvalue weighted by molar-refractivity contribution is 4.81. The van der Waals surface area contributed by atoms with Gasteiger partial charge >= 0.3 is 0 Å². The maximum atomic E-state index is 3.75. The van der Waals surface area contributed by atoms with Crippen molar-refractivity contribution in [2.75, 3.05) is 0 Å². The van der Waals surface area contributed by atoms with Crippen molar-refractivity contribution in [2.45, 2.75) is 122 Å². The monoisotopic (exact) mass is 307 g/mol. The normalized spacial score (nSPS) is 22.5. The number of unbranched alkanes of at least 4 members (excludes halogenated alkanes) is 9. The van der Waals surface area contributed by atoms with Crippen LogP contribution in [0.2, 0.25) is 0 Å². The summed E-state index contributed by atoms with van der Waals surface area (Å²) in [5, 5.41) is 3.75. The van der Waals surface area contributed by atoms with Gasteiger partial charge < -0.3 is 5.32 Å². The van der Waals surface area contributed by atoms with Crippen LogP contribution >= 0.6 is 0 Å². The van der Waals surface area contributed by atoms with Crippen molar-refractivity contribution < 1.29 is 0 Å². The van der Waals surface area contributed by atoms with Crippen LogP contribution in [-0.2, 0) is 0 Å². The summed E-state index contributed by atoms with van der Waals surface area (Å²) < 4.78 is 0. The van der Waals surface area contributed by atoms with Gasteiger partial charge in [-0.1, -0.05) is 70.4 Å². The van der Waals surface area contributed by atoms with Crippen LogP contribution in [0, 0.1) is 0 Å². The lowest BCUT2D eigenvalue weighted by Crippen LogP contribution is -2.40. The van der Waals surface area contributed by atoms with Crippen LogP contribution < -0.4 is 5.32 Å². The highest BCUT2D eigenvalue weighted by atomic mass is 15.0. The number of allylic oxidation sites excluding steroid dienone is 2. The molecule has 0 aliphatic carbocycles. The first-order valence-corrected chi connectivity index (χ1v) is 10.2. The van der Waals surface area contributed by atoms with E-state index < -0.39 is 0 Å². The molecule has 1 rings (SSSR count). The van der Waals surface area contributed by atoms with E-state index >= 15 is 0 Å². The Hall–Kier alpha value is -0.300. The second kappa shape index (κ2) is 14.3. The molecule has 130 valence electrons. The Balaban J connectivity index is 1.80.